The largest absolute Gasteiger partial charge is 0.494 e. The SMILES string of the molecule is CCCn1cnc2c(-c3cccc(OCCCC(=O)NO)c3)nc(N3CCOCC3)nc21. The van der Waals surface area contributed by atoms with E-state index >= 15 is 0 Å². The second-order valence-corrected chi connectivity index (χ2v) is 7.60. The molecule has 1 saturated heterocycles. The molecule has 3 heterocycles. The van der Waals surface area contributed by atoms with Crippen LogP contribution < -0.4 is 15.1 Å². The van der Waals surface area contributed by atoms with Crippen LogP contribution in [0.3, 0.4) is 0 Å². The van der Waals surface area contributed by atoms with Crippen LogP contribution in [-0.2, 0) is 16.1 Å². The smallest absolute Gasteiger partial charge is 0.243 e. The Kier molecular flexibility index (Phi) is 7.13. The van der Waals surface area contributed by atoms with E-state index in [4.69, 9.17) is 24.6 Å². The Balaban J connectivity index is 1.64. The van der Waals surface area contributed by atoms with Gasteiger partial charge in [0.2, 0.25) is 11.9 Å². The zero-order valence-corrected chi connectivity index (χ0v) is 18.2. The van der Waals surface area contributed by atoms with Crippen LogP contribution in [0.15, 0.2) is 30.6 Å². The maximum absolute atomic E-state index is 11.1. The van der Waals surface area contributed by atoms with E-state index in [0.717, 1.165) is 48.5 Å². The zero-order chi connectivity index (χ0) is 22.3. The number of hydroxylamine groups is 1. The minimum Gasteiger partial charge on any atom is -0.494 e. The molecular formula is C22H28N6O4. The van der Waals surface area contributed by atoms with E-state index < -0.39 is 5.91 Å². The molecule has 3 aromatic rings. The quantitative estimate of drug-likeness (QED) is 0.296. The van der Waals surface area contributed by atoms with Crippen LogP contribution in [0.5, 0.6) is 5.75 Å². The van der Waals surface area contributed by atoms with Crippen LogP contribution in [0.4, 0.5) is 5.95 Å². The Morgan fingerprint density at radius 1 is 1.28 bits per heavy atom. The molecule has 0 aliphatic carbocycles. The molecule has 0 radical (unpaired) electrons. The molecule has 1 aromatic carbocycles. The Morgan fingerprint density at radius 3 is 2.91 bits per heavy atom. The number of amides is 1. The van der Waals surface area contributed by atoms with E-state index in [-0.39, 0.29) is 6.42 Å². The number of hydrogen-bond acceptors (Lipinski definition) is 8. The molecule has 1 fully saturated rings. The zero-order valence-electron chi connectivity index (χ0n) is 18.2. The molecule has 32 heavy (non-hydrogen) atoms. The maximum Gasteiger partial charge on any atom is 0.243 e. The van der Waals surface area contributed by atoms with Crippen molar-refractivity contribution in [1.29, 1.82) is 0 Å². The number of carbonyl (C=O) groups is 1. The van der Waals surface area contributed by atoms with Crippen molar-refractivity contribution in [3.05, 3.63) is 30.6 Å². The molecule has 1 aliphatic heterocycles. The third kappa shape index (κ3) is 4.97. The first kappa shape index (κ1) is 22.0. The summed E-state index contributed by atoms with van der Waals surface area (Å²) in [6, 6.07) is 7.69. The lowest BCUT2D eigenvalue weighted by Gasteiger charge is -2.27. The summed E-state index contributed by atoms with van der Waals surface area (Å²) in [6.45, 7) is 6.13. The Morgan fingerprint density at radius 2 is 2.12 bits per heavy atom. The third-order valence-electron chi connectivity index (χ3n) is 5.26. The average molecular weight is 441 g/mol. The van der Waals surface area contributed by atoms with Crippen LogP contribution in [0.2, 0.25) is 0 Å². The van der Waals surface area contributed by atoms with Crippen molar-refractivity contribution in [1.82, 2.24) is 25.0 Å². The van der Waals surface area contributed by atoms with Crippen molar-refractivity contribution in [3.63, 3.8) is 0 Å². The highest BCUT2D eigenvalue weighted by Crippen LogP contribution is 2.30. The minimum atomic E-state index is -0.427. The van der Waals surface area contributed by atoms with Crippen molar-refractivity contribution < 1.29 is 19.5 Å². The number of benzene rings is 1. The topological polar surface area (TPSA) is 115 Å². The second kappa shape index (κ2) is 10.4. The van der Waals surface area contributed by atoms with Crippen molar-refractivity contribution >= 4 is 23.0 Å². The normalized spacial score (nSPS) is 14.0. The highest BCUT2D eigenvalue weighted by molar-refractivity contribution is 5.88. The van der Waals surface area contributed by atoms with Gasteiger partial charge < -0.3 is 18.9 Å². The molecule has 0 atom stereocenters. The summed E-state index contributed by atoms with van der Waals surface area (Å²) in [6.07, 6.45) is 3.49. The lowest BCUT2D eigenvalue weighted by atomic mass is 10.1. The number of morpholine rings is 1. The lowest BCUT2D eigenvalue weighted by molar-refractivity contribution is -0.129. The summed E-state index contributed by atoms with van der Waals surface area (Å²) in [5, 5.41) is 8.58. The number of nitrogens with one attached hydrogen (secondary N) is 1. The van der Waals surface area contributed by atoms with Crippen LogP contribution in [0.1, 0.15) is 26.2 Å². The standard InChI is InChI=1S/C22H28N6O4/c1-2-8-28-15-23-20-19(24-22(25-21(20)28)27-9-12-31-13-10-27)16-5-3-6-17(14-16)32-11-4-7-18(29)26-30/h3,5-6,14-15,30H,2,4,7-13H2,1H3,(H,26,29). The van der Waals surface area contributed by atoms with Crippen molar-refractivity contribution in [3.8, 4) is 17.0 Å². The van der Waals surface area contributed by atoms with Crippen molar-refractivity contribution in [2.75, 3.05) is 37.8 Å². The summed E-state index contributed by atoms with van der Waals surface area (Å²) >= 11 is 0. The number of anilines is 1. The molecule has 2 N–H and O–H groups in total. The molecular weight excluding hydrogens is 412 g/mol. The lowest BCUT2D eigenvalue weighted by Crippen LogP contribution is -2.37. The highest BCUT2D eigenvalue weighted by atomic mass is 16.5. The first-order valence-corrected chi connectivity index (χ1v) is 10.9. The molecule has 170 valence electrons. The second-order valence-electron chi connectivity index (χ2n) is 7.60. The predicted octanol–water partition coefficient (Wildman–Crippen LogP) is 2.40. The van der Waals surface area contributed by atoms with Gasteiger partial charge in [-0.05, 0) is 25.0 Å². The maximum atomic E-state index is 11.1. The Hall–Kier alpha value is -3.24. The van der Waals surface area contributed by atoms with E-state index in [1.54, 1.807) is 5.48 Å². The fraction of sp³-hybridized carbons (Fsp3) is 0.455. The number of rotatable bonds is 9. The Labute approximate surface area is 186 Å². The van der Waals surface area contributed by atoms with Crippen LogP contribution in [-0.4, -0.2) is 63.5 Å². The summed E-state index contributed by atoms with van der Waals surface area (Å²) in [4.78, 5) is 27.6. The molecule has 1 amide bonds. The van der Waals surface area contributed by atoms with E-state index in [2.05, 4.69) is 21.4 Å². The Bertz CT molecular complexity index is 1060. The molecule has 0 bridgehead atoms. The monoisotopic (exact) mass is 440 g/mol. The summed E-state index contributed by atoms with van der Waals surface area (Å²) < 4.78 is 13.4. The number of ether oxygens (including phenoxy) is 2. The van der Waals surface area contributed by atoms with E-state index in [1.807, 2.05) is 30.6 Å². The number of carbonyl (C=O) groups excluding carboxylic acids is 1. The third-order valence-corrected chi connectivity index (χ3v) is 5.26. The summed E-state index contributed by atoms with van der Waals surface area (Å²) in [7, 11) is 0. The van der Waals surface area contributed by atoms with Crippen molar-refractivity contribution in [2.24, 2.45) is 0 Å². The number of nitrogens with zero attached hydrogens (tertiary/aromatic N) is 5. The van der Waals surface area contributed by atoms with Crippen molar-refractivity contribution in [2.45, 2.75) is 32.7 Å². The van der Waals surface area contributed by atoms with Gasteiger partial charge >= 0.3 is 0 Å². The van der Waals surface area contributed by atoms with E-state index in [9.17, 15) is 4.79 Å². The number of imidazole rings is 1. The molecule has 2 aromatic heterocycles. The molecule has 1 aliphatic rings. The highest BCUT2D eigenvalue weighted by Gasteiger charge is 2.20. The number of aryl methyl sites for hydroxylation is 1. The van der Waals surface area contributed by atoms with Gasteiger partial charge in [0.05, 0.1) is 26.1 Å². The molecule has 0 spiro atoms. The average Bonchev–Trinajstić information content (AvgIpc) is 3.25. The number of aromatic nitrogens is 4. The molecule has 0 saturated carbocycles. The number of fused-ring (bicyclic) bond motifs is 1. The first-order valence-electron chi connectivity index (χ1n) is 10.9. The van der Waals surface area contributed by atoms with Gasteiger partial charge in [0.15, 0.2) is 5.65 Å². The van der Waals surface area contributed by atoms with Crippen LogP contribution >= 0.6 is 0 Å². The fourth-order valence-corrected chi connectivity index (χ4v) is 3.66. The van der Waals surface area contributed by atoms with Gasteiger partial charge in [-0.2, -0.15) is 4.98 Å². The van der Waals surface area contributed by atoms with Gasteiger partial charge in [0, 0.05) is 31.6 Å². The van der Waals surface area contributed by atoms with Gasteiger partial charge in [-0.15, -0.1) is 0 Å². The molecule has 10 heteroatoms. The van der Waals surface area contributed by atoms with Gasteiger partial charge in [0.25, 0.3) is 0 Å². The first-order chi connectivity index (χ1) is 15.7. The number of hydrogen-bond donors (Lipinski definition) is 2. The van der Waals surface area contributed by atoms with Gasteiger partial charge in [-0.25, -0.2) is 15.4 Å². The predicted molar refractivity (Wildman–Crippen MR) is 119 cm³/mol. The molecule has 10 nitrogen and oxygen atoms in total. The van der Waals surface area contributed by atoms with Gasteiger partial charge in [-0.1, -0.05) is 19.1 Å². The van der Waals surface area contributed by atoms with E-state index in [1.165, 1.54) is 0 Å². The minimum absolute atomic E-state index is 0.195. The molecule has 4 rings (SSSR count). The fourth-order valence-electron chi connectivity index (χ4n) is 3.66. The molecule has 0 unspecified atom stereocenters. The van der Waals surface area contributed by atoms with Crippen LogP contribution in [0, 0.1) is 0 Å². The van der Waals surface area contributed by atoms with Crippen LogP contribution in [0.25, 0.3) is 22.4 Å². The van der Waals surface area contributed by atoms with E-state index in [0.29, 0.717) is 37.9 Å². The summed E-state index contributed by atoms with van der Waals surface area (Å²) in [5.41, 5.74) is 4.85. The van der Waals surface area contributed by atoms with Gasteiger partial charge in [0.1, 0.15) is 17.0 Å². The summed E-state index contributed by atoms with van der Waals surface area (Å²) in [5.74, 6) is 0.929. The van der Waals surface area contributed by atoms with Gasteiger partial charge in [-0.3, -0.25) is 10.0 Å².